The van der Waals surface area contributed by atoms with Gasteiger partial charge in [0, 0.05) is 0 Å². The molecule has 0 atom stereocenters. The number of tetrazole rings is 1. The second-order valence-electron chi connectivity index (χ2n) is 1.60. The Balaban J connectivity index is 0.000000500. The van der Waals surface area contributed by atoms with E-state index in [4.69, 9.17) is 0 Å². The molecule has 0 bridgehead atoms. The van der Waals surface area contributed by atoms with Crippen molar-refractivity contribution in [2.24, 2.45) is 0 Å². The van der Waals surface area contributed by atoms with Gasteiger partial charge in [-0.05, 0) is 16.6 Å². The van der Waals surface area contributed by atoms with E-state index in [1.54, 1.807) is 16.8 Å². The molecule has 0 saturated heterocycles. The topological polar surface area (TPSA) is 43.1 Å². The Morgan fingerprint density at radius 1 is 1.50 bits per heavy atom. The predicted molar refractivity (Wildman–Crippen MR) is 29.6 cm³/mol. The summed E-state index contributed by atoms with van der Waals surface area (Å²) < 4.78 is 1.56. The summed E-state index contributed by atoms with van der Waals surface area (Å²) in [4.78, 5) is 0. The molecule has 0 fully saturated rings. The maximum atomic E-state index is 3.66. The molecule has 0 aromatic carbocycles. The maximum absolute atomic E-state index is 3.66. The van der Waals surface area contributed by atoms with Gasteiger partial charge in [0.15, 0.2) is 0 Å². The van der Waals surface area contributed by atoms with Gasteiger partial charge in [-0.1, -0.05) is 0 Å². The minimum absolute atomic E-state index is 0. The molecule has 0 amide bonds. The first-order chi connectivity index (χ1) is 4.47. The maximum Gasteiger partial charge on any atom is 1.00 e. The van der Waals surface area contributed by atoms with Crippen LogP contribution in [0.5, 0.6) is 0 Å². The number of hydrogen-bond donors (Lipinski definition) is 0. The smallest absolute Gasteiger partial charge is 0.237 e. The van der Waals surface area contributed by atoms with Crippen LogP contribution in [0.1, 0.15) is 0 Å². The van der Waals surface area contributed by atoms with Crippen LogP contribution >= 0.6 is 0 Å². The predicted octanol–water partition coefficient (Wildman–Crippen LogP) is -3.07. The average Bonchev–Trinajstić information content (AvgIpc) is 2.33. The Morgan fingerprint density at radius 2 is 2.40 bits per heavy atom. The van der Waals surface area contributed by atoms with Crippen LogP contribution in [0.4, 0.5) is 0 Å². The fourth-order valence-electron chi connectivity index (χ4n) is 0.636. The Morgan fingerprint density at radius 3 is 3.20 bits per heavy atom. The minimum Gasteiger partial charge on any atom is -0.237 e. The molecule has 2 rings (SSSR count). The standard InChI is InChI=1S/C5H3N4.Na/c1-2-4-9-5(3-1)6-7-8-9;/h1-2,4H;/q-1;+1. The number of rotatable bonds is 0. The van der Waals surface area contributed by atoms with Gasteiger partial charge in [-0.3, -0.25) is 0 Å². The van der Waals surface area contributed by atoms with Crippen LogP contribution in [-0.2, 0) is 0 Å². The van der Waals surface area contributed by atoms with Crippen molar-refractivity contribution in [2.45, 2.75) is 0 Å². The van der Waals surface area contributed by atoms with E-state index in [9.17, 15) is 0 Å². The molecule has 0 spiro atoms. The zero-order chi connectivity index (χ0) is 6.10. The van der Waals surface area contributed by atoms with Gasteiger partial charge in [0.2, 0.25) is 0 Å². The Kier molecular flexibility index (Phi) is 2.37. The van der Waals surface area contributed by atoms with Crippen LogP contribution in [-0.4, -0.2) is 20.0 Å². The molecule has 0 aliphatic rings. The normalized spacial score (nSPS) is 9.20. The molecule has 5 heteroatoms. The SMILES string of the molecule is [Na+].[c-]1cccn2nnnc12. The van der Waals surface area contributed by atoms with Crippen molar-refractivity contribution >= 4 is 5.65 Å². The zero-order valence-electron chi connectivity index (χ0n) is 5.52. The number of aromatic nitrogens is 4. The summed E-state index contributed by atoms with van der Waals surface area (Å²) in [5, 5.41) is 10.7. The summed E-state index contributed by atoms with van der Waals surface area (Å²) in [6.07, 6.45) is 1.77. The Hall–Kier alpha value is -0.450. The van der Waals surface area contributed by atoms with Crippen molar-refractivity contribution in [3.05, 3.63) is 24.4 Å². The van der Waals surface area contributed by atoms with Crippen LogP contribution in [0.15, 0.2) is 18.3 Å². The van der Waals surface area contributed by atoms with Crippen molar-refractivity contribution in [1.29, 1.82) is 0 Å². The summed E-state index contributed by atoms with van der Waals surface area (Å²) in [6.45, 7) is 0. The van der Waals surface area contributed by atoms with Crippen LogP contribution in [0.3, 0.4) is 0 Å². The summed E-state index contributed by atoms with van der Waals surface area (Å²) >= 11 is 0. The molecule has 0 N–H and O–H groups in total. The van der Waals surface area contributed by atoms with Gasteiger partial charge in [0.05, 0.1) is 5.65 Å². The first kappa shape index (κ1) is 7.65. The first-order valence-corrected chi connectivity index (χ1v) is 2.51. The van der Waals surface area contributed by atoms with E-state index in [-0.39, 0.29) is 29.6 Å². The van der Waals surface area contributed by atoms with Gasteiger partial charge in [-0.2, -0.15) is 6.07 Å². The van der Waals surface area contributed by atoms with Gasteiger partial charge < -0.3 is 0 Å². The monoisotopic (exact) mass is 142 g/mol. The minimum atomic E-state index is 0. The molecule has 2 heterocycles. The van der Waals surface area contributed by atoms with Crippen LogP contribution < -0.4 is 29.6 Å². The Labute approximate surface area is 79.5 Å². The van der Waals surface area contributed by atoms with E-state index >= 15 is 0 Å². The largest absolute Gasteiger partial charge is 1.00 e. The van der Waals surface area contributed by atoms with E-state index in [0.29, 0.717) is 5.65 Å². The van der Waals surface area contributed by atoms with Crippen molar-refractivity contribution in [2.75, 3.05) is 0 Å². The van der Waals surface area contributed by atoms with Crippen molar-refractivity contribution in [3.63, 3.8) is 0 Å². The summed E-state index contributed by atoms with van der Waals surface area (Å²) in [7, 11) is 0. The van der Waals surface area contributed by atoms with Crippen molar-refractivity contribution in [3.8, 4) is 0 Å². The second kappa shape index (κ2) is 3.09. The molecule has 2 aromatic heterocycles. The number of nitrogens with zero attached hydrogens (tertiary/aromatic N) is 4. The first-order valence-electron chi connectivity index (χ1n) is 2.51. The fraction of sp³-hybridized carbons (Fsp3) is 0. The quantitative estimate of drug-likeness (QED) is 0.289. The molecular weight excluding hydrogens is 139 g/mol. The molecule has 0 saturated carbocycles. The molecule has 2 aromatic rings. The molecule has 44 valence electrons. The van der Waals surface area contributed by atoms with E-state index in [1.165, 1.54) is 0 Å². The Bertz CT molecular complexity index is 288. The van der Waals surface area contributed by atoms with Crippen molar-refractivity contribution in [1.82, 2.24) is 20.0 Å². The molecule has 0 aliphatic carbocycles. The van der Waals surface area contributed by atoms with Crippen LogP contribution in [0.2, 0.25) is 0 Å². The fourth-order valence-corrected chi connectivity index (χ4v) is 0.636. The van der Waals surface area contributed by atoms with Gasteiger partial charge >= 0.3 is 29.6 Å². The van der Waals surface area contributed by atoms with E-state index in [2.05, 4.69) is 21.6 Å². The number of fused-ring (bicyclic) bond motifs is 1. The third-order valence-electron chi connectivity index (χ3n) is 1.03. The van der Waals surface area contributed by atoms with Gasteiger partial charge in [0.1, 0.15) is 0 Å². The zero-order valence-corrected chi connectivity index (χ0v) is 7.52. The summed E-state index contributed by atoms with van der Waals surface area (Å²) in [5.74, 6) is 0. The molecule has 0 unspecified atom stereocenters. The third-order valence-corrected chi connectivity index (χ3v) is 1.03. The van der Waals surface area contributed by atoms with Crippen molar-refractivity contribution < 1.29 is 29.6 Å². The van der Waals surface area contributed by atoms with Crippen LogP contribution in [0.25, 0.3) is 5.65 Å². The van der Waals surface area contributed by atoms with Crippen LogP contribution in [0, 0.1) is 6.07 Å². The van der Waals surface area contributed by atoms with E-state index < -0.39 is 0 Å². The van der Waals surface area contributed by atoms with Gasteiger partial charge in [-0.15, -0.1) is 5.10 Å². The molecule has 0 aliphatic heterocycles. The van der Waals surface area contributed by atoms with Gasteiger partial charge in [-0.25, -0.2) is 16.6 Å². The summed E-state index contributed by atoms with van der Waals surface area (Å²) in [6, 6.07) is 6.45. The molecule has 10 heavy (non-hydrogen) atoms. The van der Waals surface area contributed by atoms with E-state index in [0.717, 1.165) is 0 Å². The average molecular weight is 142 g/mol. The number of pyridine rings is 1. The third kappa shape index (κ3) is 1.18. The summed E-state index contributed by atoms with van der Waals surface area (Å²) in [5.41, 5.74) is 0.650. The molecular formula is C5H3N4Na. The molecule has 4 nitrogen and oxygen atoms in total. The number of hydrogen-bond acceptors (Lipinski definition) is 3. The van der Waals surface area contributed by atoms with E-state index in [1.807, 2.05) is 6.07 Å². The van der Waals surface area contributed by atoms with Gasteiger partial charge in [0.25, 0.3) is 0 Å². The molecule has 0 radical (unpaired) electrons. The second-order valence-corrected chi connectivity index (χ2v) is 1.60.